The Morgan fingerprint density at radius 1 is 1.27 bits per heavy atom. The van der Waals surface area contributed by atoms with E-state index < -0.39 is 10.7 Å². The maximum atomic E-state index is 14.1. The van der Waals surface area contributed by atoms with Crippen molar-refractivity contribution in [2.45, 2.75) is 40.3 Å². The van der Waals surface area contributed by atoms with Crippen LogP contribution in [0.4, 0.5) is 15.9 Å². The Morgan fingerprint density at radius 3 is 2.63 bits per heavy atom. The largest absolute Gasteiger partial charge is 0.390 e. The lowest BCUT2D eigenvalue weighted by Gasteiger charge is -2.09. The number of carbonyl (C=O) groups excluding carboxylic acids is 1. The van der Waals surface area contributed by atoms with Gasteiger partial charge in [0.15, 0.2) is 0 Å². The third-order valence-electron chi connectivity index (χ3n) is 4.72. The number of aryl methyl sites for hydroxylation is 3. The van der Waals surface area contributed by atoms with Crippen molar-refractivity contribution in [2.24, 2.45) is 0 Å². The van der Waals surface area contributed by atoms with Crippen LogP contribution >= 0.6 is 11.6 Å². The maximum Gasteiger partial charge on any atom is 0.390 e. The Kier molecular flexibility index (Phi) is 6.16. The fourth-order valence-corrected chi connectivity index (χ4v) is 3.31. The second-order valence-electron chi connectivity index (χ2n) is 6.83. The first-order chi connectivity index (χ1) is 14.2. The minimum Gasteiger partial charge on any atom is -0.358 e. The zero-order chi connectivity index (χ0) is 22.0. The molecule has 0 aliphatic rings. The molecule has 2 heterocycles. The van der Waals surface area contributed by atoms with Crippen LogP contribution in [-0.4, -0.2) is 30.4 Å². The molecule has 1 amide bonds. The average molecular weight is 435 g/mol. The lowest BCUT2D eigenvalue weighted by molar-refractivity contribution is -0.389. The Bertz CT molecular complexity index is 1100. The summed E-state index contributed by atoms with van der Waals surface area (Å²) in [4.78, 5) is 22.6. The topological polar surface area (TPSA) is 108 Å². The van der Waals surface area contributed by atoms with E-state index in [0.29, 0.717) is 33.4 Å². The number of nitro groups is 1. The van der Waals surface area contributed by atoms with Gasteiger partial charge in [0.2, 0.25) is 5.91 Å². The summed E-state index contributed by atoms with van der Waals surface area (Å²) in [6.45, 7) is 5.52. The van der Waals surface area contributed by atoms with E-state index in [9.17, 15) is 19.3 Å². The normalized spacial score (nSPS) is 11.0. The molecule has 3 rings (SSSR count). The van der Waals surface area contributed by atoms with Crippen molar-refractivity contribution < 1.29 is 14.1 Å². The summed E-state index contributed by atoms with van der Waals surface area (Å²) in [5.41, 5.74) is 2.69. The van der Waals surface area contributed by atoms with Crippen LogP contribution in [0.1, 0.15) is 29.1 Å². The lowest BCUT2D eigenvalue weighted by Crippen LogP contribution is -2.16. The number of nitrogens with zero attached hydrogens (tertiary/aromatic N) is 5. The number of hydrogen-bond acceptors (Lipinski definition) is 5. The zero-order valence-corrected chi connectivity index (χ0v) is 17.4. The van der Waals surface area contributed by atoms with E-state index in [-0.39, 0.29) is 31.2 Å². The predicted molar refractivity (Wildman–Crippen MR) is 109 cm³/mol. The molecule has 2 aromatic heterocycles. The number of amides is 1. The highest BCUT2D eigenvalue weighted by Crippen LogP contribution is 2.24. The summed E-state index contributed by atoms with van der Waals surface area (Å²) >= 11 is 6.09. The molecule has 0 bridgehead atoms. The first-order valence-electron chi connectivity index (χ1n) is 9.13. The second kappa shape index (κ2) is 8.62. The van der Waals surface area contributed by atoms with Crippen LogP contribution in [0, 0.1) is 36.7 Å². The lowest BCUT2D eigenvalue weighted by atomic mass is 10.2. The van der Waals surface area contributed by atoms with Gasteiger partial charge in [-0.2, -0.15) is 9.78 Å². The molecule has 0 aliphatic heterocycles. The number of hydrogen-bond donors (Lipinski definition) is 1. The fourth-order valence-electron chi connectivity index (χ4n) is 3.08. The van der Waals surface area contributed by atoms with Gasteiger partial charge in [0.25, 0.3) is 0 Å². The summed E-state index contributed by atoms with van der Waals surface area (Å²) in [5, 5.41) is 22.2. The van der Waals surface area contributed by atoms with Gasteiger partial charge in [0, 0.05) is 17.0 Å². The van der Waals surface area contributed by atoms with Crippen molar-refractivity contribution in [2.75, 3.05) is 5.32 Å². The van der Waals surface area contributed by atoms with Gasteiger partial charge in [0.05, 0.1) is 47.0 Å². The molecule has 9 nitrogen and oxygen atoms in total. The van der Waals surface area contributed by atoms with E-state index >= 15 is 0 Å². The number of carbonyl (C=O) groups is 1. The Balaban J connectivity index is 1.70. The molecule has 0 spiro atoms. The summed E-state index contributed by atoms with van der Waals surface area (Å²) in [6.07, 6.45) is 0.0723. The first kappa shape index (κ1) is 21.4. The quantitative estimate of drug-likeness (QED) is 0.449. The van der Waals surface area contributed by atoms with Crippen LogP contribution in [0.5, 0.6) is 0 Å². The number of halogens is 2. The molecule has 0 unspecified atom stereocenters. The molecule has 0 fully saturated rings. The number of anilines is 1. The van der Waals surface area contributed by atoms with Crippen molar-refractivity contribution in [3.05, 3.63) is 67.9 Å². The fraction of sp³-hybridized carbons (Fsp3) is 0.316. The molecular weight excluding hydrogens is 415 g/mol. The first-order valence-corrected chi connectivity index (χ1v) is 9.50. The second-order valence-corrected chi connectivity index (χ2v) is 7.23. The van der Waals surface area contributed by atoms with Gasteiger partial charge in [-0.3, -0.25) is 9.48 Å². The number of benzene rings is 1. The van der Waals surface area contributed by atoms with Gasteiger partial charge in [-0.15, -0.1) is 0 Å². The Hall–Kier alpha value is -3.27. The molecule has 0 radical (unpaired) electrons. The highest BCUT2D eigenvalue weighted by molar-refractivity contribution is 6.31. The van der Waals surface area contributed by atoms with E-state index in [1.54, 1.807) is 31.5 Å². The van der Waals surface area contributed by atoms with Crippen molar-refractivity contribution >= 4 is 29.0 Å². The van der Waals surface area contributed by atoms with Gasteiger partial charge in [-0.1, -0.05) is 17.7 Å². The predicted octanol–water partition coefficient (Wildman–Crippen LogP) is 3.78. The minimum atomic E-state index is -0.577. The van der Waals surface area contributed by atoms with E-state index in [4.69, 9.17) is 11.6 Å². The molecule has 11 heteroatoms. The molecule has 3 aromatic rings. The maximum absolute atomic E-state index is 14.1. The van der Waals surface area contributed by atoms with Crippen LogP contribution in [0.3, 0.4) is 0 Å². The molecule has 158 valence electrons. The third-order valence-corrected chi connectivity index (χ3v) is 5.08. The van der Waals surface area contributed by atoms with Crippen LogP contribution in [-0.2, 0) is 17.9 Å². The summed E-state index contributed by atoms with van der Waals surface area (Å²) < 4.78 is 17.1. The Morgan fingerprint density at radius 2 is 2.00 bits per heavy atom. The number of nitrogens with one attached hydrogen (secondary N) is 1. The summed E-state index contributed by atoms with van der Waals surface area (Å²) in [5.74, 6) is -0.973. The molecule has 0 saturated heterocycles. The molecule has 0 atom stereocenters. The van der Waals surface area contributed by atoms with Gasteiger partial charge < -0.3 is 15.4 Å². The number of aromatic nitrogens is 4. The van der Waals surface area contributed by atoms with Crippen LogP contribution in [0.15, 0.2) is 24.3 Å². The molecule has 30 heavy (non-hydrogen) atoms. The van der Waals surface area contributed by atoms with Gasteiger partial charge in [0.1, 0.15) is 5.82 Å². The van der Waals surface area contributed by atoms with E-state index in [1.807, 2.05) is 0 Å². The zero-order valence-electron chi connectivity index (χ0n) is 16.6. The van der Waals surface area contributed by atoms with Crippen molar-refractivity contribution in [1.82, 2.24) is 19.6 Å². The molecule has 0 saturated carbocycles. The minimum absolute atomic E-state index is 0.0723. The average Bonchev–Trinajstić information content (AvgIpc) is 3.18. The standard InChI is InChI=1S/C19H20ClFN6O3/c1-11-9-17(27(29)30)24-25(11)8-7-18(28)22-19-12(2)23-26(13(19)3)10-14-15(20)5-4-6-16(14)21/h4-6,9H,7-8,10H2,1-3H3,(H,22,28). The van der Waals surface area contributed by atoms with Gasteiger partial charge in [-0.05, 0) is 37.8 Å². The molecule has 0 aliphatic carbocycles. The van der Waals surface area contributed by atoms with Crippen LogP contribution < -0.4 is 5.32 Å². The molecule has 1 aromatic carbocycles. The van der Waals surface area contributed by atoms with E-state index in [0.717, 1.165) is 0 Å². The van der Waals surface area contributed by atoms with E-state index in [2.05, 4.69) is 15.5 Å². The van der Waals surface area contributed by atoms with Gasteiger partial charge >= 0.3 is 5.82 Å². The summed E-state index contributed by atoms with van der Waals surface area (Å²) in [7, 11) is 0. The van der Waals surface area contributed by atoms with Crippen LogP contribution in [0.2, 0.25) is 5.02 Å². The molecular formula is C19H20ClFN6O3. The van der Waals surface area contributed by atoms with Crippen molar-refractivity contribution in [1.29, 1.82) is 0 Å². The van der Waals surface area contributed by atoms with E-state index in [1.165, 1.54) is 22.9 Å². The Labute approximate surface area is 176 Å². The van der Waals surface area contributed by atoms with Gasteiger partial charge in [-0.25, -0.2) is 4.39 Å². The molecule has 1 N–H and O–H groups in total. The van der Waals surface area contributed by atoms with Crippen molar-refractivity contribution in [3.63, 3.8) is 0 Å². The van der Waals surface area contributed by atoms with Crippen LogP contribution in [0.25, 0.3) is 0 Å². The number of rotatable bonds is 7. The highest BCUT2D eigenvalue weighted by atomic mass is 35.5. The summed E-state index contributed by atoms with van der Waals surface area (Å²) in [6, 6.07) is 5.82. The monoisotopic (exact) mass is 434 g/mol. The third kappa shape index (κ3) is 4.48. The van der Waals surface area contributed by atoms with Crippen molar-refractivity contribution in [3.8, 4) is 0 Å². The smallest absolute Gasteiger partial charge is 0.358 e. The SMILES string of the molecule is Cc1nn(Cc2c(F)cccc2Cl)c(C)c1NC(=O)CCn1nc([N+](=O)[O-])cc1C. The highest BCUT2D eigenvalue weighted by Gasteiger charge is 2.19.